The molecule has 0 aromatic heterocycles. The van der Waals surface area contributed by atoms with E-state index in [1.807, 2.05) is 0 Å². The zero-order valence-electron chi connectivity index (χ0n) is 11.0. The summed E-state index contributed by atoms with van der Waals surface area (Å²) in [6.07, 6.45) is 0. The summed E-state index contributed by atoms with van der Waals surface area (Å²) in [6, 6.07) is 7.38. The number of anilines is 1. The van der Waals surface area contributed by atoms with Crippen LogP contribution >= 0.6 is 0 Å². The fourth-order valence-corrected chi connectivity index (χ4v) is 2.13. The van der Waals surface area contributed by atoms with E-state index in [-0.39, 0.29) is 12.2 Å². The summed E-state index contributed by atoms with van der Waals surface area (Å²) in [5.41, 5.74) is 0.638. The van der Waals surface area contributed by atoms with Gasteiger partial charge < -0.3 is 14.8 Å². The number of ether oxygens (including phenoxy) is 2. The Bertz CT molecular complexity index is 676. The maximum Gasteiger partial charge on any atom is 0.196 e. The maximum absolute atomic E-state index is 13.6. The first-order valence-corrected chi connectivity index (χ1v) is 6.41. The number of nitrogens with one attached hydrogen (secondary N) is 1. The SMILES string of the molecule is Fc1ccc(NCc2cccc3c2OCCO3)c(F)c1F. The van der Waals surface area contributed by atoms with Crippen LogP contribution in [0.4, 0.5) is 18.9 Å². The Balaban J connectivity index is 1.81. The summed E-state index contributed by atoms with van der Waals surface area (Å²) < 4.78 is 50.6. The van der Waals surface area contributed by atoms with E-state index >= 15 is 0 Å². The lowest BCUT2D eigenvalue weighted by atomic mass is 10.1. The normalized spacial score (nSPS) is 13.1. The van der Waals surface area contributed by atoms with Gasteiger partial charge in [0.25, 0.3) is 0 Å². The molecule has 0 saturated carbocycles. The monoisotopic (exact) mass is 295 g/mol. The van der Waals surface area contributed by atoms with Crippen molar-refractivity contribution in [3.05, 3.63) is 53.3 Å². The smallest absolute Gasteiger partial charge is 0.196 e. The van der Waals surface area contributed by atoms with Gasteiger partial charge >= 0.3 is 0 Å². The molecule has 1 aliphatic rings. The molecule has 3 rings (SSSR count). The van der Waals surface area contributed by atoms with E-state index in [9.17, 15) is 13.2 Å². The van der Waals surface area contributed by atoms with Crippen LogP contribution in [-0.2, 0) is 6.54 Å². The number of hydrogen-bond donors (Lipinski definition) is 1. The molecule has 2 aromatic carbocycles. The second kappa shape index (κ2) is 5.55. The fourth-order valence-electron chi connectivity index (χ4n) is 2.13. The third-order valence-electron chi connectivity index (χ3n) is 3.15. The Labute approximate surface area is 119 Å². The topological polar surface area (TPSA) is 30.5 Å². The van der Waals surface area contributed by atoms with Crippen LogP contribution in [0.25, 0.3) is 0 Å². The van der Waals surface area contributed by atoms with Crippen LogP contribution in [-0.4, -0.2) is 13.2 Å². The fraction of sp³-hybridized carbons (Fsp3) is 0.200. The van der Waals surface area contributed by atoms with Crippen molar-refractivity contribution >= 4 is 5.69 Å². The first-order chi connectivity index (χ1) is 10.2. The van der Waals surface area contributed by atoms with E-state index in [1.54, 1.807) is 18.2 Å². The average Bonchev–Trinajstić information content (AvgIpc) is 2.52. The molecule has 0 saturated heterocycles. The minimum Gasteiger partial charge on any atom is -0.486 e. The zero-order chi connectivity index (χ0) is 14.8. The molecular weight excluding hydrogens is 283 g/mol. The van der Waals surface area contributed by atoms with Crippen LogP contribution in [0.3, 0.4) is 0 Å². The zero-order valence-corrected chi connectivity index (χ0v) is 11.0. The van der Waals surface area contributed by atoms with Gasteiger partial charge in [-0.15, -0.1) is 0 Å². The van der Waals surface area contributed by atoms with E-state index in [4.69, 9.17) is 9.47 Å². The summed E-state index contributed by atoms with van der Waals surface area (Å²) >= 11 is 0. The molecule has 0 amide bonds. The predicted molar refractivity (Wildman–Crippen MR) is 71.1 cm³/mol. The lowest BCUT2D eigenvalue weighted by Crippen LogP contribution is -2.17. The first kappa shape index (κ1) is 13.6. The van der Waals surface area contributed by atoms with Gasteiger partial charge in [-0.3, -0.25) is 0 Å². The molecule has 0 unspecified atom stereocenters. The standard InChI is InChI=1S/C15H12F3NO2/c16-10-4-5-11(14(18)13(10)17)19-8-9-2-1-3-12-15(9)21-7-6-20-12/h1-5,19H,6-8H2. The van der Waals surface area contributed by atoms with Crippen LogP contribution in [0.2, 0.25) is 0 Å². The molecule has 110 valence electrons. The van der Waals surface area contributed by atoms with Gasteiger partial charge in [0.2, 0.25) is 0 Å². The van der Waals surface area contributed by atoms with Crippen LogP contribution in [0.15, 0.2) is 30.3 Å². The summed E-state index contributed by atoms with van der Waals surface area (Å²) in [6.45, 7) is 1.11. The molecule has 1 aliphatic heterocycles. The van der Waals surface area contributed by atoms with Gasteiger partial charge in [-0.25, -0.2) is 13.2 Å². The molecule has 0 radical (unpaired) electrons. The molecule has 6 heteroatoms. The van der Waals surface area contributed by atoms with Crippen molar-refractivity contribution < 1.29 is 22.6 Å². The van der Waals surface area contributed by atoms with Crippen molar-refractivity contribution in [2.75, 3.05) is 18.5 Å². The second-order valence-electron chi connectivity index (χ2n) is 4.52. The third-order valence-corrected chi connectivity index (χ3v) is 3.15. The van der Waals surface area contributed by atoms with Crippen molar-refractivity contribution in [2.45, 2.75) is 6.54 Å². The molecule has 0 bridgehead atoms. The highest BCUT2D eigenvalue weighted by Crippen LogP contribution is 2.34. The summed E-state index contributed by atoms with van der Waals surface area (Å²) in [5, 5.41) is 2.73. The molecule has 1 N–H and O–H groups in total. The van der Waals surface area contributed by atoms with Crippen molar-refractivity contribution in [1.29, 1.82) is 0 Å². The van der Waals surface area contributed by atoms with Gasteiger partial charge in [-0.05, 0) is 18.2 Å². The largest absolute Gasteiger partial charge is 0.486 e. The molecule has 0 spiro atoms. The number of para-hydroxylation sites is 1. The minimum absolute atomic E-state index is 0.108. The highest BCUT2D eigenvalue weighted by Gasteiger charge is 2.17. The van der Waals surface area contributed by atoms with Crippen molar-refractivity contribution in [1.82, 2.24) is 0 Å². The third kappa shape index (κ3) is 2.61. The van der Waals surface area contributed by atoms with Crippen molar-refractivity contribution in [2.24, 2.45) is 0 Å². The lowest BCUT2D eigenvalue weighted by Gasteiger charge is -2.21. The molecule has 0 aliphatic carbocycles. The van der Waals surface area contributed by atoms with Gasteiger partial charge in [-0.1, -0.05) is 12.1 Å². The Morgan fingerprint density at radius 1 is 0.952 bits per heavy atom. The Hall–Kier alpha value is -2.37. The molecule has 3 nitrogen and oxygen atoms in total. The molecule has 0 fully saturated rings. The Morgan fingerprint density at radius 3 is 2.62 bits per heavy atom. The highest BCUT2D eigenvalue weighted by atomic mass is 19.2. The van der Waals surface area contributed by atoms with Crippen LogP contribution in [0.5, 0.6) is 11.5 Å². The van der Waals surface area contributed by atoms with E-state index in [0.29, 0.717) is 24.7 Å². The first-order valence-electron chi connectivity index (χ1n) is 6.41. The van der Waals surface area contributed by atoms with Gasteiger partial charge in [0.1, 0.15) is 13.2 Å². The molecular formula is C15H12F3NO2. The molecule has 1 heterocycles. The molecule has 0 atom stereocenters. The summed E-state index contributed by atoms with van der Waals surface area (Å²) in [7, 11) is 0. The van der Waals surface area contributed by atoms with E-state index in [2.05, 4.69) is 5.32 Å². The van der Waals surface area contributed by atoms with Gasteiger partial charge in [0, 0.05) is 12.1 Å². The quantitative estimate of drug-likeness (QED) is 0.879. The Morgan fingerprint density at radius 2 is 1.76 bits per heavy atom. The number of fused-ring (bicyclic) bond motifs is 1. The second-order valence-corrected chi connectivity index (χ2v) is 4.52. The number of halogens is 3. The van der Waals surface area contributed by atoms with Crippen LogP contribution < -0.4 is 14.8 Å². The number of rotatable bonds is 3. The van der Waals surface area contributed by atoms with Crippen LogP contribution in [0, 0.1) is 17.5 Å². The Kier molecular flexibility index (Phi) is 3.60. The van der Waals surface area contributed by atoms with Gasteiger partial charge in [0.15, 0.2) is 29.0 Å². The van der Waals surface area contributed by atoms with Crippen molar-refractivity contribution in [3.8, 4) is 11.5 Å². The summed E-state index contributed by atoms with van der Waals surface area (Å²) in [4.78, 5) is 0. The van der Waals surface area contributed by atoms with Gasteiger partial charge in [0.05, 0.1) is 5.69 Å². The highest BCUT2D eigenvalue weighted by molar-refractivity contribution is 5.51. The minimum atomic E-state index is -1.49. The predicted octanol–water partition coefficient (Wildman–Crippen LogP) is 3.49. The number of hydrogen-bond acceptors (Lipinski definition) is 3. The molecule has 21 heavy (non-hydrogen) atoms. The van der Waals surface area contributed by atoms with E-state index in [0.717, 1.165) is 17.7 Å². The number of benzene rings is 2. The van der Waals surface area contributed by atoms with Crippen LogP contribution in [0.1, 0.15) is 5.56 Å². The lowest BCUT2D eigenvalue weighted by molar-refractivity contribution is 0.170. The van der Waals surface area contributed by atoms with Crippen molar-refractivity contribution in [3.63, 3.8) is 0 Å². The maximum atomic E-state index is 13.6. The van der Waals surface area contributed by atoms with E-state index < -0.39 is 17.5 Å². The van der Waals surface area contributed by atoms with E-state index in [1.165, 1.54) is 0 Å². The molecule has 2 aromatic rings. The van der Waals surface area contributed by atoms with Gasteiger partial charge in [-0.2, -0.15) is 0 Å². The average molecular weight is 295 g/mol. The summed E-state index contributed by atoms with van der Waals surface area (Å²) in [5.74, 6) is -2.75.